The molecule has 3 heterocycles. The monoisotopic (exact) mass is 459 g/mol. The average molecular weight is 460 g/mol. The summed E-state index contributed by atoms with van der Waals surface area (Å²) in [5.74, 6) is 6.68. The molecule has 0 aliphatic heterocycles. The van der Waals surface area contributed by atoms with Crippen LogP contribution in [0.25, 0.3) is 11.0 Å². The molecule has 8 heteroatoms. The minimum Gasteiger partial charge on any atom is -0.487 e. The van der Waals surface area contributed by atoms with Crippen LogP contribution in [0.5, 0.6) is 5.06 Å². The second kappa shape index (κ2) is 9.35. The lowest BCUT2D eigenvalue weighted by atomic mass is 10.0. The van der Waals surface area contributed by atoms with Crippen molar-refractivity contribution in [1.29, 1.82) is 0 Å². The quantitative estimate of drug-likeness (QED) is 0.434. The predicted molar refractivity (Wildman–Crippen MR) is 132 cm³/mol. The molecule has 3 aromatic heterocycles. The molecule has 0 aliphatic carbocycles. The lowest BCUT2D eigenvalue weighted by Gasteiger charge is -2.07. The molecule has 0 bridgehead atoms. The van der Waals surface area contributed by atoms with Gasteiger partial charge in [0.05, 0.1) is 24.6 Å². The van der Waals surface area contributed by atoms with E-state index in [4.69, 9.17) is 10.5 Å². The van der Waals surface area contributed by atoms with Gasteiger partial charge in [0, 0.05) is 28.2 Å². The Morgan fingerprint density at radius 2 is 2.00 bits per heavy atom. The molecule has 1 aromatic carbocycles. The van der Waals surface area contributed by atoms with Gasteiger partial charge in [0.2, 0.25) is 0 Å². The summed E-state index contributed by atoms with van der Waals surface area (Å²) in [6.07, 6.45) is 3.42. The van der Waals surface area contributed by atoms with Gasteiger partial charge in [-0.15, -0.1) is 11.3 Å². The number of ether oxygens (including phenoxy) is 1. The Morgan fingerprint density at radius 3 is 2.73 bits per heavy atom. The number of rotatable bonds is 5. The van der Waals surface area contributed by atoms with Crippen LogP contribution in [0.3, 0.4) is 0 Å². The molecule has 33 heavy (non-hydrogen) atoms. The van der Waals surface area contributed by atoms with Gasteiger partial charge in [-0.25, -0.2) is 9.97 Å². The molecule has 0 unspecified atom stereocenters. The normalized spacial score (nSPS) is 10.8. The number of anilines is 1. The van der Waals surface area contributed by atoms with Crippen LogP contribution in [0.2, 0.25) is 0 Å². The molecule has 3 N–H and O–H groups in total. The van der Waals surface area contributed by atoms with Gasteiger partial charge in [-0.1, -0.05) is 17.9 Å². The predicted octanol–water partition coefficient (Wildman–Crippen LogP) is 4.30. The Kier molecular flexibility index (Phi) is 6.33. The molecule has 7 nitrogen and oxygen atoms in total. The molecule has 168 valence electrons. The highest BCUT2D eigenvalue weighted by molar-refractivity contribution is 7.13. The van der Waals surface area contributed by atoms with E-state index in [2.05, 4.69) is 41.0 Å². The van der Waals surface area contributed by atoms with E-state index in [0.717, 1.165) is 37.7 Å². The van der Waals surface area contributed by atoms with Crippen molar-refractivity contribution in [3.8, 4) is 16.9 Å². The van der Waals surface area contributed by atoms with Crippen LogP contribution in [0.4, 0.5) is 5.82 Å². The van der Waals surface area contributed by atoms with Crippen LogP contribution in [-0.2, 0) is 6.54 Å². The average Bonchev–Trinajstić information content (AvgIpc) is 3.42. The van der Waals surface area contributed by atoms with Gasteiger partial charge in [0.1, 0.15) is 17.8 Å². The van der Waals surface area contributed by atoms with Gasteiger partial charge < -0.3 is 20.4 Å². The van der Waals surface area contributed by atoms with Crippen LogP contribution in [-0.4, -0.2) is 27.6 Å². The SMILES string of the molecule is COc1ccc(CNC(=O)c2ccc(C)c(C#Cc3cn(C(C)C)c4ncnc(N)c34)c2)s1. The molecule has 0 saturated carbocycles. The number of nitrogens with one attached hydrogen (secondary N) is 1. The lowest BCUT2D eigenvalue weighted by molar-refractivity contribution is 0.0951. The van der Waals surface area contributed by atoms with Crippen molar-refractivity contribution in [3.05, 3.63) is 70.0 Å². The molecule has 0 atom stereocenters. The zero-order valence-electron chi connectivity index (χ0n) is 19.0. The van der Waals surface area contributed by atoms with Crippen molar-refractivity contribution in [1.82, 2.24) is 19.9 Å². The summed E-state index contributed by atoms with van der Waals surface area (Å²) in [5, 5.41) is 4.52. The number of benzene rings is 1. The Balaban J connectivity index is 1.60. The molecular formula is C25H25N5O2S. The van der Waals surface area contributed by atoms with E-state index in [1.54, 1.807) is 13.2 Å². The maximum atomic E-state index is 12.7. The minimum absolute atomic E-state index is 0.153. The van der Waals surface area contributed by atoms with Crippen LogP contribution < -0.4 is 15.8 Å². The molecule has 0 fully saturated rings. The Bertz CT molecular complexity index is 1390. The number of aromatic nitrogens is 3. The summed E-state index contributed by atoms with van der Waals surface area (Å²) in [6.45, 7) is 6.56. The number of carbonyl (C=O) groups excluding carboxylic acids is 1. The van der Waals surface area contributed by atoms with Gasteiger partial charge in [0.15, 0.2) is 5.06 Å². The number of hydrogen-bond donors (Lipinski definition) is 2. The molecular weight excluding hydrogens is 434 g/mol. The van der Waals surface area contributed by atoms with E-state index in [0.29, 0.717) is 17.9 Å². The molecule has 4 aromatic rings. The molecule has 0 saturated heterocycles. The van der Waals surface area contributed by atoms with E-state index in [1.165, 1.54) is 17.7 Å². The third kappa shape index (κ3) is 4.69. The third-order valence-electron chi connectivity index (χ3n) is 5.29. The molecule has 0 radical (unpaired) electrons. The van der Waals surface area contributed by atoms with E-state index in [9.17, 15) is 4.79 Å². The molecule has 0 aliphatic rings. The maximum absolute atomic E-state index is 12.7. The smallest absolute Gasteiger partial charge is 0.251 e. The first-order valence-electron chi connectivity index (χ1n) is 10.5. The largest absolute Gasteiger partial charge is 0.487 e. The summed E-state index contributed by atoms with van der Waals surface area (Å²) in [4.78, 5) is 22.2. The van der Waals surface area contributed by atoms with E-state index < -0.39 is 0 Å². The number of carbonyl (C=O) groups is 1. The van der Waals surface area contributed by atoms with E-state index in [-0.39, 0.29) is 11.9 Å². The van der Waals surface area contributed by atoms with Crippen molar-refractivity contribution in [3.63, 3.8) is 0 Å². The summed E-state index contributed by atoms with van der Waals surface area (Å²) in [7, 11) is 1.63. The highest BCUT2D eigenvalue weighted by Gasteiger charge is 2.14. The summed E-state index contributed by atoms with van der Waals surface area (Å²) < 4.78 is 7.24. The number of thiophene rings is 1. The van der Waals surface area contributed by atoms with Crippen molar-refractivity contribution in [2.75, 3.05) is 12.8 Å². The van der Waals surface area contributed by atoms with Crippen LogP contribution in [0, 0.1) is 18.8 Å². The Morgan fingerprint density at radius 1 is 1.21 bits per heavy atom. The van der Waals surface area contributed by atoms with Crippen LogP contribution in [0.1, 0.15) is 51.8 Å². The lowest BCUT2D eigenvalue weighted by Crippen LogP contribution is -2.22. The van der Waals surface area contributed by atoms with E-state index >= 15 is 0 Å². The number of hydrogen-bond acceptors (Lipinski definition) is 6. The maximum Gasteiger partial charge on any atom is 0.251 e. The van der Waals surface area contributed by atoms with Gasteiger partial charge in [-0.2, -0.15) is 0 Å². The fourth-order valence-corrected chi connectivity index (χ4v) is 4.22. The van der Waals surface area contributed by atoms with E-state index in [1.807, 2.05) is 42.0 Å². The van der Waals surface area contributed by atoms with Gasteiger partial charge in [0.25, 0.3) is 5.91 Å². The highest BCUT2D eigenvalue weighted by atomic mass is 32.1. The number of nitrogen functional groups attached to an aromatic ring is 1. The second-order valence-corrected chi connectivity index (χ2v) is 9.02. The first-order valence-corrected chi connectivity index (χ1v) is 11.3. The summed E-state index contributed by atoms with van der Waals surface area (Å²) in [5.41, 5.74) is 9.98. The molecule has 1 amide bonds. The van der Waals surface area contributed by atoms with Gasteiger partial charge >= 0.3 is 0 Å². The highest BCUT2D eigenvalue weighted by Crippen LogP contribution is 2.26. The standard InChI is InChI=1S/C25H25N5O2S/c1-15(2)30-13-19(22-23(26)28-14-29-24(22)30)8-7-17-11-18(6-5-16(17)3)25(31)27-12-20-9-10-21(32-4)33-20/h5-6,9-11,13-15H,12H2,1-4H3,(H,27,31)(H2,26,28,29). The van der Waals surface area contributed by atoms with Crippen molar-refractivity contribution >= 4 is 34.1 Å². The fraction of sp³-hybridized carbons (Fsp3) is 0.240. The number of aryl methyl sites for hydroxylation is 1. The second-order valence-electron chi connectivity index (χ2n) is 7.89. The Hall–Kier alpha value is -3.83. The van der Waals surface area contributed by atoms with Crippen molar-refractivity contribution < 1.29 is 9.53 Å². The zero-order chi connectivity index (χ0) is 23.5. The summed E-state index contributed by atoms with van der Waals surface area (Å²) >= 11 is 1.51. The van der Waals surface area contributed by atoms with Crippen LogP contribution >= 0.6 is 11.3 Å². The van der Waals surface area contributed by atoms with Gasteiger partial charge in [-0.05, 0) is 50.6 Å². The fourth-order valence-electron chi connectivity index (χ4n) is 3.46. The first-order chi connectivity index (χ1) is 15.9. The molecule has 4 rings (SSSR count). The number of nitrogens with zero attached hydrogens (tertiary/aromatic N) is 3. The van der Waals surface area contributed by atoms with Crippen molar-refractivity contribution in [2.45, 2.75) is 33.4 Å². The number of nitrogens with two attached hydrogens (primary N) is 1. The zero-order valence-corrected chi connectivity index (χ0v) is 19.8. The third-order valence-corrected chi connectivity index (χ3v) is 6.33. The minimum atomic E-state index is -0.153. The topological polar surface area (TPSA) is 95.1 Å². The first kappa shape index (κ1) is 22.4. The number of amides is 1. The van der Waals surface area contributed by atoms with Crippen molar-refractivity contribution in [2.24, 2.45) is 0 Å². The summed E-state index contributed by atoms with van der Waals surface area (Å²) in [6, 6.07) is 9.56. The van der Waals surface area contributed by atoms with Crippen LogP contribution in [0.15, 0.2) is 42.9 Å². The number of methoxy groups -OCH3 is 1. The molecule has 0 spiro atoms. The van der Waals surface area contributed by atoms with Gasteiger partial charge in [-0.3, -0.25) is 4.79 Å². The Labute approximate surface area is 196 Å². The number of fused-ring (bicyclic) bond motifs is 1.